The normalized spacial score (nSPS) is 14.8. The molecule has 0 saturated carbocycles. The number of aryl methyl sites for hydroxylation is 2. The van der Waals surface area contributed by atoms with Crippen LogP contribution in [0.2, 0.25) is 0 Å². The first-order valence-corrected chi connectivity index (χ1v) is 11.6. The molecule has 1 aliphatic heterocycles. The van der Waals surface area contributed by atoms with E-state index in [1.807, 2.05) is 43.3 Å². The highest BCUT2D eigenvalue weighted by molar-refractivity contribution is 7.22. The van der Waals surface area contributed by atoms with Gasteiger partial charge in [0, 0.05) is 64.6 Å². The number of hydrogen-bond acceptors (Lipinski definition) is 6. The van der Waals surface area contributed by atoms with Crippen molar-refractivity contribution in [3.8, 4) is 0 Å². The molecule has 31 heavy (non-hydrogen) atoms. The van der Waals surface area contributed by atoms with E-state index in [0.717, 1.165) is 49.1 Å². The maximum absolute atomic E-state index is 12.4. The highest BCUT2D eigenvalue weighted by Crippen LogP contribution is 2.32. The van der Waals surface area contributed by atoms with Crippen LogP contribution in [0.25, 0.3) is 10.2 Å². The first kappa shape index (κ1) is 21.6. The van der Waals surface area contributed by atoms with E-state index >= 15 is 0 Å². The molecule has 2 heterocycles. The lowest BCUT2D eigenvalue weighted by molar-refractivity contribution is 0.0948. The van der Waals surface area contributed by atoms with Crippen molar-refractivity contribution in [2.45, 2.75) is 13.8 Å². The van der Waals surface area contributed by atoms with Gasteiger partial charge in [-0.25, -0.2) is 4.98 Å². The summed E-state index contributed by atoms with van der Waals surface area (Å²) in [5, 5.41) is 4.17. The van der Waals surface area contributed by atoms with Gasteiger partial charge in [-0.2, -0.15) is 0 Å². The van der Waals surface area contributed by atoms with Gasteiger partial charge in [-0.05, 0) is 55.3 Å². The molecule has 1 saturated heterocycles. The van der Waals surface area contributed by atoms with Crippen molar-refractivity contribution < 1.29 is 4.79 Å². The fraction of sp³-hybridized carbons (Fsp3) is 0.417. The second kappa shape index (κ2) is 9.24. The van der Waals surface area contributed by atoms with Gasteiger partial charge >= 0.3 is 0 Å². The molecule has 6 nitrogen and oxygen atoms in total. The Bertz CT molecular complexity index is 1050. The van der Waals surface area contributed by atoms with Gasteiger partial charge in [0.25, 0.3) is 5.91 Å². The number of thiazole rings is 1. The van der Waals surface area contributed by atoms with E-state index in [9.17, 15) is 4.79 Å². The minimum atomic E-state index is -0.0101. The fourth-order valence-electron chi connectivity index (χ4n) is 3.85. The van der Waals surface area contributed by atoms with Gasteiger partial charge in [0.1, 0.15) is 0 Å². The van der Waals surface area contributed by atoms with Crippen molar-refractivity contribution in [3.05, 3.63) is 53.1 Å². The summed E-state index contributed by atoms with van der Waals surface area (Å²) in [6, 6.07) is 12.1. The number of rotatable bonds is 6. The molecule has 1 N–H and O–H groups in total. The molecule has 0 aliphatic carbocycles. The summed E-state index contributed by atoms with van der Waals surface area (Å²) < 4.78 is 1.27. The van der Waals surface area contributed by atoms with Gasteiger partial charge in [-0.1, -0.05) is 17.4 Å². The lowest BCUT2D eigenvalue weighted by Gasteiger charge is -2.34. The van der Waals surface area contributed by atoms with Crippen LogP contribution in [0.5, 0.6) is 0 Å². The number of benzene rings is 2. The number of anilines is 2. The molecular formula is C24H31N5OS. The van der Waals surface area contributed by atoms with E-state index in [4.69, 9.17) is 4.98 Å². The van der Waals surface area contributed by atoms with Crippen molar-refractivity contribution in [2.24, 2.45) is 0 Å². The first-order valence-electron chi connectivity index (χ1n) is 10.8. The molecule has 3 aromatic rings. The molecule has 1 fully saturated rings. The maximum atomic E-state index is 12.4. The van der Waals surface area contributed by atoms with Gasteiger partial charge < -0.3 is 15.1 Å². The third-order valence-corrected chi connectivity index (χ3v) is 7.16. The Kier molecular flexibility index (Phi) is 6.43. The topological polar surface area (TPSA) is 51.7 Å². The number of amides is 1. The Morgan fingerprint density at radius 2 is 1.77 bits per heavy atom. The molecule has 0 radical (unpaired) electrons. The number of carbonyl (C=O) groups excluding carboxylic acids is 1. The first-order chi connectivity index (χ1) is 14.9. The lowest BCUT2D eigenvalue weighted by atomic mass is 10.1. The van der Waals surface area contributed by atoms with Crippen molar-refractivity contribution in [3.63, 3.8) is 0 Å². The third-order valence-electron chi connectivity index (χ3n) is 6.08. The molecule has 164 valence electrons. The Labute approximate surface area is 188 Å². The quantitative estimate of drug-likeness (QED) is 0.639. The van der Waals surface area contributed by atoms with Gasteiger partial charge in [0.2, 0.25) is 0 Å². The second-order valence-electron chi connectivity index (χ2n) is 8.38. The molecule has 1 amide bonds. The zero-order valence-electron chi connectivity index (χ0n) is 18.8. The minimum absolute atomic E-state index is 0.0101. The Hall–Kier alpha value is -2.64. The Balaban J connectivity index is 1.25. The largest absolute Gasteiger partial charge is 0.378 e. The van der Waals surface area contributed by atoms with Gasteiger partial charge in [0.15, 0.2) is 5.13 Å². The molecule has 1 aromatic heterocycles. The van der Waals surface area contributed by atoms with E-state index in [1.54, 1.807) is 11.3 Å². The predicted molar refractivity (Wildman–Crippen MR) is 131 cm³/mol. The summed E-state index contributed by atoms with van der Waals surface area (Å²) in [7, 11) is 3.99. The van der Waals surface area contributed by atoms with Crippen LogP contribution in [0, 0.1) is 13.8 Å². The molecule has 4 rings (SSSR count). The van der Waals surface area contributed by atoms with Gasteiger partial charge in [-0.15, -0.1) is 0 Å². The smallest absolute Gasteiger partial charge is 0.251 e. The van der Waals surface area contributed by atoms with E-state index in [1.165, 1.54) is 15.8 Å². The van der Waals surface area contributed by atoms with E-state index in [2.05, 4.69) is 41.1 Å². The Morgan fingerprint density at radius 3 is 2.45 bits per heavy atom. The van der Waals surface area contributed by atoms with Crippen LogP contribution in [0.3, 0.4) is 0 Å². The lowest BCUT2D eigenvalue weighted by Crippen LogP contribution is -2.48. The maximum Gasteiger partial charge on any atom is 0.251 e. The molecular weight excluding hydrogens is 406 g/mol. The van der Waals surface area contributed by atoms with Crippen LogP contribution in [-0.2, 0) is 0 Å². The summed E-state index contributed by atoms with van der Waals surface area (Å²) >= 11 is 1.79. The number of nitrogens with zero attached hydrogens (tertiary/aromatic N) is 4. The zero-order valence-corrected chi connectivity index (χ0v) is 19.6. The van der Waals surface area contributed by atoms with E-state index < -0.39 is 0 Å². The summed E-state index contributed by atoms with van der Waals surface area (Å²) in [5.41, 5.74) is 5.52. The standard InChI is InChI=1S/C24H31N5OS/c1-17-5-10-21-22(18(17)2)26-24(31-21)29-15-13-28(14-16-29)12-11-25-23(30)19-6-8-20(9-7-19)27(3)4/h5-10H,11-16H2,1-4H3,(H,25,30). The molecule has 0 atom stereocenters. The van der Waals surface area contributed by atoms with Crippen LogP contribution < -0.4 is 15.1 Å². The molecule has 1 aliphatic rings. The third kappa shape index (κ3) is 4.83. The van der Waals surface area contributed by atoms with Gasteiger partial charge in [-0.3, -0.25) is 9.69 Å². The van der Waals surface area contributed by atoms with E-state index in [-0.39, 0.29) is 5.91 Å². The van der Waals surface area contributed by atoms with Crippen molar-refractivity contribution in [2.75, 3.05) is 63.2 Å². The van der Waals surface area contributed by atoms with Crippen LogP contribution in [-0.4, -0.2) is 69.2 Å². The Morgan fingerprint density at radius 1 is 1.06 bits per heavy atom. The summed E-state index contributed by atoms with van der Waals surface area (Å²) in [6.07, 6.45) is 0. The molecule has 2 aromatic carbocycles. The summed E-state index contributed by atoms with van der Waals surface area (Å²) in [5.74, 6) is -0.0101. The highest BCUT2D eigenvalue weighted by Gasteiger charge is 2.20. The molecule has 0 unspecified atom stereocenters. The summed E-state index contributed by atoms with van der Waals surface area (Å²) in [4.78, 5) is 24.1. The number of aromatic nitrogens is 1. The second-order valence-corrected chi connectivity index (χ2v) is 9.39. The van der Waals surface area contributed by atoms with Crippen LogP contribution in [0.4, 0.5) is 10.8 Å². The van der Waals surface area contributed by atoms with Crippen molar-refractivity contribution in [1.29, 1.82) is 0 Å². The van der Waals surface area contributed by atoms with Crippen LogP contribution in [0.1, 0.15) is 21.5 Å². The number of hydrogen-bond donors (Lipinski definition) is 1. The number of nitrogens with one attached hydrogen (secondary N) is 1. The highest BCUT2D eigenvalue weighted by atomic mass is 32.1. The van der Waals surface area contributed by atoms with E-state index in [0.29, 0.717) is 12.1 Å². The molecule has 0 bridgehead atoms. The minimum Gasteiger partial charge on any atom is -0.378 e. The average Bonchev–Trinajstić information content (AvgIpc) is 3.22. The van der Waals surface area contributed by atoms with Gasteiger partial charge in [0.05, 0.1) is 10.2 Å². The number of piperazine rings is 1. The summed E-state index contributed by atoms with van der Waals surface area (Å²) in [6.45, 7) is 9.74. The van der Waals surface area contributed by atoms with Crippen molar-refractivity contribution >= 4 is 38.3 Å². The predicted octanol–water partition coefficient (Wildman–Crippen LogP) is 3.53. The zero-order chi connectivity index (χ0) is 22.0. The van der Waals surface area contributed by atoms with Crippen LogP contribution in [0.15, 0.2) is 36.4 Å². The monoisotopic (exact) mass is 437 g/mol. The molecule has 0 spiro atoms. The molecule has 7 heteroatoms. The average molecular weight is 438 g/mol. The van der Waals surface area contributed by atoms with Crippen molar-refractivity contribution in [1.82, 2.24) is 15.2 Å². The SMILES string of the molecule is Cc1ccc2sc(N3CCN(CCNC(=O)c4ccc(N(C)C)cc4)CC3)nc2c1C. The van der Waals surface area contributed by atoms with Crippen LogP contribution >= 0.6 is 11.3 Å². The fourth-order valence-corrected chi connectivity index (χ4v) is 4.93. The number of fused-ring (bicyclic) bond motifs is 1. The number of carbonyl (C=O) groups is 1.